The lowest BCUT2D eigenvalue weighted by atomic mass is 9.81. The summed E-state index contributed by atoms with van der Waals surface area (Å²) in [6.07, 6.45) is 6.22. The standard InChI is InChI=1S/C25H20F3N5O/c1-32-24(14-9-17(26)22(28)18(27)10-14)16-12-15-3-2-4-21(23(16)31-32)33(15)25(34)13-5-6-19-20(11-13)30-8-7-29-19/h5-11,15,21H,2-4,12H2,1H3/t15-,21+/m0/s1. The number of carbonyl (C=O) groups excluding carboxylic acids is 1. The molecule has 0 saturated carbocycles. The van der Waals surface area contributed by atoms with Crippen LogP contribution in [0.2, 0.25) is 0 Å². The lowest BCUT2D eigenvalue weighted by molar-refractivity contribution is 0.0392. The SMILES string of the molecule is Cn1nc2c(c1-c1cc(F)c(F)c(F)c1)C[C@@H]1CCC[C@H]2N1C(=O)c1ccc2nccnc2c1. The molecule has 0 spiro atoms. The number of amides is 1. The maximum atomic E-state index is 14.0. The summed E-state index contributed by atoms with van der Waals surface area (Å²) in [7, 11) is 1.70. The largest absolute Gasteiger partial charge is 0.327 e. The zero-order valence-electron chi connectivity index (χ0n) is 18.3. The lowest BCUT2D eigenvalue weighted by Gasteiger charge is -2.45. The Labute approximate surface area is 193 Å². The lowest BCUT2D eigenvalue weighted by Crippen LogP contribution is -2.49. The highest BCUT2D eigenvalue weighted by Gasteiger charge is 2.43. The molecule has 6 nitrogen and oxygen atoms in total. The third-order valence-electron chi connectivity index (χ3n) is 6.88. The Morgan fingerprint density at radius 2 is 1.74 bits per heavy atom. The van der Waals surface area contributed by atoms with Gasteiger partial charge in [-0.3, -0.25) is 19.4 Å². The average Bonchev–Trinajstić information content (AvgIpc) is 3.16. The molecule has 2 atom stereocenters. The second-order valence-corrected chi connectivity index (χ2v) is 8.87. The molecule has 6 rings (SSSR count). The van der Waals surface area contributed by atoms with Crippen LogP contribution in [0.1, 0.15) is 46.9 Å². The van der Waals surface area contributed by atoms with Crippen LogP contribution in [0.15, 0.2) is 42.7 Å². The van der Waals surface area contributed by atoms with Crippen LogP contribution in [0.5, 0.6) is 0 Å². The first-order chi connectivity index (χ1) is 16.4. The van der Waals surface area contributed by atoms with Gasteiger partial charge < -0.3 is 4.90 Å². The second-order valence-electron chi connectivity index (χ2n) is 8.87. The summed E-state index contributed by atoms with van der Waals surface area (Å²) < 4.78 is 43.1. The highest BCUT2D eigenvalue weighted by molar-refractivity contribution is 5.98. The third kappa shape index (κ3) is 3.10. The minimum Gasteiger partial charge on any atom is -0.327 e. The first kappa shape index (κ1) is 20.8. The van der Waals surface area contributed by atoms with Gasteiger partial charge in [0.05, 0.1) is 28.5 Å². The molecule has 1 fully saturated rings. The number of rotatable bonds is 2. The summed E-state index contributed by atoms with van der Waals surface area (Å²) in [4.78, 5) is 24.1. The van der Waals surface area contributed by atoms with Crippen molar-refractivity contribution in [3.63, 3.8) is 0 Å². The van der Waals surface area contributed by atoms with Gasteiger partial charge in [0.1, 0.15) is 0 Å². The van der Waals surface area contributed by atoms with E-state index < -0.39 is 17.5 Å². The van der Waals surface area contributed by atoms with Crippen LogP contribution in [0, 0.1) is 17.5 Å². The Morgan fingerprint density at radius 1 is 1.00 bits per heavy atom. The van der Waals surface area contributed by atoms with Crippen molar-refractivity contribution in [2.24, 2.45) is 7.05 Å². The number of hydrogen-bond acceptors (Lipinski definition) is 4. The molecule has 2 bridgehead atoms. The topological polar surface area (TPSA) is 63.9 Å². The molecule has 0 unspecified atom stereocenters. The minimum atomic E-state index is -1.49. The number of fused-ring (bicyclic) bond motifs is 5. The van der Waals surface area contributed by atoms with Gasteiger partial charge in [-0.15, -0.1) is 0 Å². The maximum absolute atomic E-state index is 14.0. The zero-order valence-corrected chi connectivity index (χ0v) is 18.3. The Bertz CT molecular complexity index is 1440. The fourth-order valence-corrected chi connectivity index (χ4v) is 5.45. The van der Waals surface area contributed by atoms with Gasteiger partial charge in [0.15, 0.2) is 17.5 Å². The van der Waals surface area contributed by atoms with Crippen molar-refractivity contribution in [3.8, 4) is 11.3 Å². The van der Waals surface area contributed by atoms with Gasteiger partial charge in [-0.05, 0) is 56.0 Å². The van der Waals surface area contributed by atoms with Crippen molar-refractivity contribution >= 4 is 16.9 Å². The summed E-state index contributed by atoms with van der Waals surface area (Å²) >= 11 is 0. The van der Waals surface area contributed by atoms with Crippen molar-refractivity contribution in [1.82, 2.24) is 24.6 Å². The van der Waals surface area contributed by atoms with E-state index in [0.717, 1.165) is 42.7 Å². The molecule has 9 heteroatoms. The fraction of sp³-hybridized carbons (Fsp3) is 0.280. The molecule has 0 radical (unpaired) electrons. The number of carbonyl (C=O) groups is 1. The normalized spacial score (nSPS) is 19.4. The van der Waals surface area contributed by atoms with E-state index in [1.807, 2.05) is 4.90 Å². The molecule has 172 valence electrons. The van der Waals surface area contributed by atoms with E-state index in [9.17, 15) is 18.0 Å². The number of piperidine rings is 1. The zero-order chi connectivity index (χ0) is 23.6. The summed E-state index contributed by atoms with van der Waals surface area (Å²) in [6.45, 7) is 0. The van der Waals surface area contributed by atoms with Crippen LogP contribution in [0.25, 0.3) is 22.3 Å². The smallest absolute Gasteiger partial charge is 0.254 e. The third-order valence-corrected chi connectivity index (χ3v) is 6.88. The van der Waals surface area contributed by atoms with Gasteiger partial charge in [-0.1, -0.05) is 0 Å². The predicted octanol–water partition coefficient (Wildman–Crippen LogP) is 4.74. The molecule has 0 N–H and O–H groups in total. The van der Waals surface area contributed by atoms with Gasteiger partial charge in [-0.2, -0.15) is 5.10 Å². The molecule has 4 heterocycles. The molecule has 0 aliphatic carbocycles. The van der Waals surface area contributed by atoms with E-state index in [4.69, 9.17) is 0 Å². The van der Waals surface area contributed by atoms with E-state index in [0.29, 0.717) is 28.7 Å². The average molecular weight is 463 g/mol. The summed E-state index contributed by atoms with van der Waals surface area (Å²) in [5.41, 5.74) is 4.28. The number of nitrogens with zero attached hydrogens (tertiary/aromatic N) is 5. The highest BCUT2D eigenvalue weighted by atomic mass is 19.2. The molecule has 2 aromatic carbocycles. The number of aromatic nitrogens is 4. The Balaban J connectivity index is 1.42. The monoisotopic (exact) mass is 463 g/mol. The molecule has 2 aliphatic rings. The quantitative estimate of drug-likeness (QED) is 0.403. The first-order valence-electron chi connectivity index (χ1n) is 11.2. The maximum Gasteiger partial charge on any atom is 0.254 e. The molecule has 2 aliphatic heterocycles. The molecule has 1 saturated heterocycles. The molecule has 2 aromatic heterocycles. The van der Waals surface area contributed by atoms with Crippen LogP contribution >= 0.6 is 0 Å². The van der Waals surface area contributed by atoms with E-state index in [1.165, 1.54) is 0 Å². The molecule has 4 aromatic rings. The Kier molecular flexibility index (Phi) is 4.68. The van der Waals surface area contributed by atoms with Crippen molar-refractivity contribution in [3.05, 3.63) is 77.0 Å². The number of aryl methyl sites for hydroxylation is 1. The minimum absolute atomic E-state index is 0.0746. The van der Waals surface area contributed by atoms with Crippen LogP contribution in [0.3, 0.4) is 0 Å². The van der Waals surface area contributed by atoms with Gasteiger partial charge in [0.25, 0.3) is 5.91 Å². The van der Waals surface area contributed by atoms with Crippen LogP contribution in [-0.2, 0) is 13.5 Å². The number of halogens is 3. The van der Waals surface area contributed by atoms with Gasteiger partial charge in [0, 0.05) is 42.2 Å². The van der Waals surface area contributed by atoms with E-state index in [-0.39, 0.29) is 23.6 Å². The molecular formula is C25H20F3N5O. The second kappa shape index (κ2) is 7.65. The van der Waals surface area contributed by atoms with Gasteiger partial charge in [0.2, 0.25) is 0 Å². The van der Waals surface area contributed by atoms with Crippen molar-refractivity contribution in [2.45, 2.75) is 37.8 Å². The van der Waals surface area contributed by atoms with Crippen molar-refractivity contribution in [2.75, 3.05) is 0 Å². The first-order valence-corrected chi connectivity index (χ1v) is 11.2. The van der Waals surface area contributed by atoms with E-state index >= 15 is 0 Å². The van der Waals surface area contributed by atoms with E-state index in [1.54, 1.807) is 42.3 Å². The summed E-state index contributed by atoms with van der Waals surface area (Å²) in [5.74, 6) is -4.07. The summed E-state index contributed by atoms with van der Waals surface area (Å²) in [6, 6.07) is 6.98. The molecular weight excluding hydrogens is 443 g/mol. The number of benzene rings is 2. The molecule has 34 heavy (non-hydrogen) atoms. The summed E-state index contributed by atoms with van der Waals surface area (Å²) in [5, 5.41) is 4.67. The van der Waals surface area contributed by atoms with Crippen LogP contribution in [-0.4, -0.2) is 36.6 Å². The van der Waals surface area contributed by atoms with Crippen molar-refractivity contribution in [1.29, 1.82) is 0 Å². The highest BCUT2D eigenvalue weighted by Crippen LogP contribution is 2.45. The van der Waals surface area contributed by atoms with E-state index in [2.05, 4.69) is 15.1 Å². The molecule has 1 amide bonds. The Morgan fingerprint density at radius 3 is 2.50 bits per heavy atom. The van der Waals surface area contributed by atoms with Gasteiger partial charge in [-0.25, -0.2) is 13.2 Å². The van der Waals surface area contributed by atoms with Crippen LogP contribution < -0.4 is 0 Å². The van der Waals surface area contributed by atoms with Gasteiger partial charge >= 0.3 is 0 Å². The Hall–Kier alpha value is -3.75. The van der Waals surface area contributed by atoms with Crippen LogP contribution in [0.4, 0.5) is 13.2 Å². The van der Waals surface area contributed by atoms with Crippen molar-refractivity contribution < 1.29 is 18.0 Å². The fourth-order valence-electron chi connectivity index (χ4n) is 5.45. The number of hydrogen-bond donors (Lipinski definition) is 0. The predicted molar refractivity (Wildman–Crippen MR) is 118 cm³/mol.